The molecule has 1 aliphatic rings. The number of ether oxygens (including phenoxy) is 2. The standard InChI is InChI=1S/C13H22N5O11P3/c1-3-25-7-4-9(18-6-15-10-11(18)16-13(14)17-12(10)19)27-8(7)5-26-32(23,24)29-30(20)28-31(2,21)22/h6-9,30H,3-5H2,1-2H3,(H,21,22)(H,23,24)(H3,14,16,17,19)/t7?,8-,9-/m1/s1. The van der Waals surface area contributed by atoms with Gasteiger partial charge in [0.05, 0.1) is 19.0 Å². The van der Waals surface area contributed by atoms with Crippen molar-refractivity contribution in [3.05, 3.63) is 16.7 Å². The van der Waals surface area contributed by atoms with Gasteiger partial charge in [0.25, 0.3) is 5.56 Å². The second-order valence-electron chi connectivity index (χ2n) is 6.63. The highest BCUT2D eigenvalue weighted by molar-refractivity contribution is 7.63. The van der Waals surface area contributed by atoms with Gasteiger partial charge in [0.2, 0.25) is 5.95 Å². The van der Waals surface area contributed by atoms with E-state index in [0.29, 0.717) is 6.61 Å². The molecule has 6 atom stereocenters. The Hall–Kier alpha value is -1.44. The van der Waals surface area contributed by atoms with Crippen molar-refractivity contribution >= 4 is 40.8 Å². The lowest BCUT2D eigenvalue weighted by Crippen LogP contribution is -2.28. The van der Waals surface area contributed by atoms with Crippen LogP contribution < -0.4 is 11.3 Å². The molecule has 16 nitrogen and oxygen atoms in total. The summed E-state index contributed by atoms with van der Waals surface area (Å²) >= 11 is 0. The first-order valence-corrected chi connectivity index (χ1v) is 13.8. The van der Waals surface area contributed by atoms with Gasteiger partial charge in [-0.15, -0.1) is 0 Å². The molecule has 2 aromatic rings. The summed E-state index contributed by atoms with van der Waals surface area (Å²) in [5.41, 5.74) is 5.29. The number of fused-ring (bicyclic) bond motifs is 1. The number of nitrogens with one attached hydrogen (secondary N) is 1. The number of imidazole rings is 1. The van der Waals surface area contributed by atoms with Crippen molar-refractivity contribution in [1.82, 2.24) is 19.5 Å². The maximum absolute atomic E-state index is 12.0. The summed E-state index contributed by atoms with van der Waals surface area (Å²) in [6, 6.07) is 0. The van der Waals surface area contributed by atoms with Crippen molar-refractivity contribution in [3.63, 3.8) is 0 Å². The zero-order valence-corrected chi connectivity index (χ0v) is 19.6. The first kappa shape index (κ1) is 25.2. The fourth-order valence-electron chi connectivity index (χ4n) is 3.01. The van der Waals surface area contributed by atoms with Gasteiger partial charge in [0, 0.05) is 19.7 Å². The molecular formula is C13H22N5O11P3. The molecule has 2 aromatic heterocycles. The number of nitrogen functional groups attached to an aromatic ring is 1. The minimum absolute atomic E-state index is 0.0472. The van der Waals surface area contributed by atoms with E-state index in [1.807, 2.05) is 0 Å². The predicted molar refractivity (Wildman–Crippen MR) is 109 cm³/mol. The molecule has 0 bridgehead atoms. The highest BCUT2D eigenvalue weighted by Gasteiger charge is 2.40. The fraction of sp³-hybridized carbons (Fsp3) is 0.615. The third-order valence-corrected chi connectivity index (χ3v) is 8.10. The molecule has 32 heavy (non-hydrogen) atoms. The van der Waals surface area contributed by atoms with E-state index < -0.39 is 54.3 Å². The van der Waals surface area contributed by atoms with E-state index >= 15 is 0 Å². The second kappa shape index (κ2) is 9.82. The zero-order valence-electron chi connectivity index (χ0n) is 16.8. The van der Waals surface area contributed by atoms with Gasteiger partial charge in [0.15, 0.2) is 11.2 Å². The SMILES string of the molecule is CCOC1C[C@H](n2cnc3c(=O)[nH]c(N)nc32)O[C@@H]1COP(=O)(O)O[PH](=O)OP(C)(=O)O. The van der Waals surface area contributed by atoms with Gasteiger partial charge in [-0.2, -0.15) is 4.98 Å². The first-order valence-electron chi connectivity index (χ1n) is 9.08. The summed E-state index contributed by atoms with van der Waals surface area (Å²) in [4.78, 5) is 41.1. The molecule has 180 valence electrons. The van der Waals surface area contributed by atoms with Gasteiger partial charge >= 0.3 is 23.7 Å². The van der Waals surface area contributed by atoms with Crippen LogP contribution in [0.3, 0.4) is 0 Å². The normalized spacial score (nSPS) is 26.1. The number of nitrogens with zero attached hydrogens (tertiary/aromatic N) is 3. The summed E-state index contributed by atoms with van der Waals surface area (Å²) in [6.45, 7) is 2.25. The summed E-state index contributed by atoms with van der Waals surface area (Å²) in [5.74, 6) is -0.112. The van der Waals surface area contributed by atoms with E-state index in [9.17, 15) is 23.4 Å². The van der Waals surface area contributed by atoms with Crippen LogP contribution in [0.5, 0.6) is 0 Å². The molecule has 5 N–H and O–H groups in total. The quantitative estimate of drug-likeness (QED) is 0.319. The lowest BCUT2D eigenvalue weighted by atomic mass is 10.2. The van der Waals surface area contributed by atoms with Gasteiger partial charge in [-0.3, -0.25) is 28.0 Å². The summed E-state index contributed by atoms with van der Waals surface area (Å²) in [6.07, 6.45) is -0.602. The predicted octanol–water partition coefficient (Wildman–Crippen LogP) is 0.750. The molecule has 19 heteroatoms. The molecule has 0 radical (unpaired) electrons. The van der Waals surface area contributed by atoms with Crippen LogP contribution in [-0.2, 0) is 36.3 Å². The molecule has 3 heterocycles. The molecule has 4 unspecified atom stereocenters. The summed E-state index contributed by atoms with van der Waals surface area (Å²) < 4.78 is 60.7. The molecule has 0 aromatic carbocycles. The number of phosphoric acid groups is 1. The third-order valence-electron chi connectivity index (χ3n) is 4.16. The Balaban J connectivity index is 1.71. The van der Waals surface area contributed by atoms with Crippen LogP contribution in [-0.4, -0.2) is 61.4 Å². The van der Waals surface area contributed by atoms with Crippen LogP contribution in [0, 0.1) is 0 Å². The first-order chi connectivity index (χ1) is 14.9. The molecule has 0 spiro atoms. The van der Waals surface area contributed by atoms with Crippen molar-refractivity contribution < 1.29 is 46.1 Å². The number of hydrogen-bond donors (Lipinski definition) is 4. The molecular weight excluding hydrogens is 495 g/mol. The molecule has 1 saturated heterocycles. The Morgan fingerprint density at radius 1 is 1.41 bits per heavy atom. The van der Waals surface area contributed by atoms with Crippen LogP contribution in [0.25, 0.3) is 11.2 Å². The number of aromatic amines is 1. The number of hydrogen-bond acceptors (Lipinski definition) is 12. The Kier molecular flexibility index (Phi) is 7.73. The van der Waals surface area contributed by atoms with E-state index in [-0.39, 0.29) is 23.5 Å². The Morgan fingerprint density at radius 2 is 2.12 bits per heavy atom. The van der Waals surface area contributed by atoms with Crippen LogP contribution in [0.2, 0.25) is 0 Å². The Morgan fingerprint density at radius 3 is 2.78 bits per heavy atom. The lowest BCUT2D eigenvalue weighted by molar-refractivity contribution is -0.0570. The number of aromatic nitrogens is 4. The lowest BCUT2D eigenvalue weighted by Gasteiger charge is -2.20. The minimum Gasteiger partial charge on any atom is -0.376 e. The highest BCUT2D eigenvalue weighted by atomic mass is 31.3. The fourth-order valence-corrected chi connectivity index (χ4v) is 5.85. The smallest absolute Gasteiger partial charge is 0.376 e. The van der Waals surface area contributed by atoms with E-state index in [0.717, 1.165) is 6.66 Å². The monoisotopic (exact) mass is 517 g/mol. The number of anilines is 1. The third kappa shape index (κ3) is 6.33. The van der Waals surface area contributed by atoms with E-state index in [4.69, 9.17) is 24.6 Å². The van der Waals surface area contributed by atoms with Crippen molar-refractivity contribution in [2.45, 2.75) is 31.8 Å². The number of rotatable bonds is 10. The summed E-state index contributed by atoms with van der Waals surface area (Å²) in [7, 11) is -12.9. The van der Waals surface area contributed by atoms with Crippen molar-refractivity contribution in [2.75, 3.05) is 25.6 Å². The van der Waals surface area contributed by atoms with Gasteiger partial charge in [-0.05, 0) is 6.92 Å². The maximum atomic E-state index is 12.0. The van der Waals surface area contributed by atoms with Crippen LogP contribution in [0.15, 0.2) is 11.1 Å². The number of phosphoric ester groups is 1. The van der Waals surface area contributed by atoms with E-state index in [1.54, 1.807) is 6.92 Å². The highest BCUT2D eigenvalue weighted by Crippen LogP contribution is 2.58. The average Bonchev–Trinajstić information content (AvgIpc) is 3.22. The van der Waals surface area contributed by atoms with Gasteiger partial charge in [-0.1, -0.05) is 0 Å². The van der Waals surface area contributed by atoms with Crippen LogP contribution in [0.1, 0.15) is 19.6 Å². The van der Waals surface area contributed by atoms with Crippen molar-refractivity contribution in [1.29, 1.82) is 0 Å². The maximum Gasteiger partial charge on any atom is 0.479 e. The van der Waals surface area contributed by atoms with Crippen LogP contribution in [0.4, 0.5) is 5.95 Å². The minimum atomic E-state index is -4.92. The zero-order chi connectivity index (χ0) is 23.7. The van der Waals surface area contributed by atoms with Crippen molar-refractivity contribution in [2.24, 2.45) is 0 Å². The molecule has 1 aliphatic heterocycles. The van der Waals surface area contributed by atoms with Gasteiger partial charge in [0.1, 0.15) is 12.3 Å². The summed E-state index contributed by atoms with van der Waals surface area (Å²) in [5, 5.41) is 0. The Labute approximate surface area is 181 Å². The molecule has 0 amide bonds. The van der Waals surface area contributed by atoms with Gasteiger partial charge in [-0.25, -0.2) is 18.2 Å². The molecule has 1 fully saturated rings. The average molecular weight is 517 g/mol. The van der Waals surface area contributed by atoms with Crippen molar-refractivity contribution in [3.8, 4) is 0 Å². The number of H-pyrrole nitrogens is 1. The molecule has 3 rings (SSSR count). The second-order valence-corrected chi connectivity index (χ2v) is 11.4. The van der Waals surface area contributed by atoms with E-state index in [2.05, 4.69) is 23.6 Å². The molecule has 0 aliphatic carbocycles. The number of nitrogens with two attached hydrogens (primary N) is 1. The Bertz CT molecular complexity index is 1150. The van der Waals surface area contributed by atoms with E-state index in [1.165, 1.54) is 10.9 Å². The topological polar surface area (TPSA) is 227 Å². The molecule has 0 saturated carbocycles. The van der Waals surface area contributed by atoms with Crippen LogP contribution >= 0.6 is 23.7 Å². The van der Waals surface area contributed by atoms with Gasteiger partial charge < -0.3 is 25.0 Å². The largest absolute Gasteiger partial charge is 0.479 e.